The van der Waals surface area contributed by atoms with Crippen molar-refractivity contribution in [3.8, 4) is 0 Å². The molecule has 4 rings (SSSR count). The number of aryl methyl sites for hydroxylation is 1. The fourth-order valence-corrected chi connectivity index (χ4v) is 5.27. The number of β-amino-alcohol motifs (C(OH)–C–C–N with tert-alkyl or cyclic N) is 1. The number of aromatic nitrogens is 2. The zero-order valence-corrected chi connectivity index (χ0v) is 17.4. The number of nitrogens with one attached hydrogen (secondary N) is 2. The molecule has 1 aliphatic carbocycles. The van der Waals surface area contributed by atoms with E-state index < -0.39 is 0 Å². The minimum atomic E-state index is -0.197. The molecule has 1 spiro atoms. The van der Waals surface area contributed by atoms with Crippen molar-refractivity contribution in [2.24, 2.45) is 11.3 Å². The first-order valence-corrected chi connectivity index (χ1v) is 9.77. The van der Waals surface area contributed by atoms with Gasteiger partial charge in [-0.3, -0.25) is 10.00 Å². The van der Waals surface area contributed by atoms with Gasteiger partial charge in [0.15, 0.2) is 0 Å². The topological polar surface area (TPSA) is 64.2 Å². The Bertz CT molecular complexity index is 551. The van der Waals surface area contributed by atoms with Crippen molar-refractivity contribution >= 4 is 24.8 Å². The van der Waals surface area contributed by atoms with Crippen LogP contribution in [0, 0.1) is 18.3 Å². The summed E-state index contributed by atoms with van der Waals surface area (Å²) >= 11 is 0. The van der Waals surface area contributed by atoms with Crippen LogP contribution in [0.4, 0.5) is 0 Å². The Labute approximate surface area is 169 Å². The molecule has 150 valence electrons. The molecule has 0 amide bonds. The fraction of sp³-hybridized carbons (Fsp3) is 0.842. The third-order valence-corrected chi connectivity index (χ3v) is 6.86. The van der Waals surface area contributed by atoms with Gasteiger partial charge in [-0.1, -0.05) is 0 Å². The summed E-state index contributed by atoms with van der Waals surface area (Å²) < 4.78 is 0. The molecule has 2 saturated heterocycles. The minimum absolute atomic E-state index is 0. The Morgan fingerprint density at radius 1 is 1.15 bits per heavy atom. The number of H-pyrrole nitrogens is 1. The van der Waals surface area contributed by atoms with E-state index in [4.69, 9.17) is 0 Å². The van der Waals surface area contributed by atoms with Gasteiger partial charge in [0.1, 0.15) is 0 Å². The molecule has 0 radical (unpaired) electrons. The Hall–Kier alpha value is -0.330. The summed E-state index contributed by atoms with van der Waals surface area (Å²) in [4.78, 5) is 2.57. The summed E-state index contributed by atoms with van der Waals surface area (Å²) in [5.74, 6) is 0.336. The van der Waals surface area contributed by atoms with Gasteiger partial charge in [-0.15, -0.1) is 24.8 Å². The van der Waals surface area contributed by atoms with E-state index in [1.165, 1.54) is 51.6 Å². The Morgan fingerprint density at radius 3 is 2.46 bits per heavy atom. The van der Waals surface area contributed by atoms with E-state index in [0.29, 0.717) is 17.4 Å². The van der Waals surface area contributed by atoms with Crippen molar-refractivity contribution in [3.63, 3.8) is 0 Å². The number of rotatable bonds is 3. The van der Waals surface area contributed by atoms with Gasteiger partial charge in [-0.25, -0.2) is 0 Å². The van der Waals surface area contributed by atoms with Crippen LogP contribution in [0.3, 0.4) is 0 Å². The highest BCUT2D eigenvalue weighted by Crippen LogP contribution is 2.44. The van der Waals surface area contributed by atoms with Crippen LogP contribution >= 0.6 is 24.8 Å². The molecule has 0 bridgehead atoms. The largest absolute Gasteiger partial charge is 0.391 e. The number of likely N-dealkylation sites (tertiary alicyclic amines) is 1. The molecule has 0 aromatic carbocycles. The number of hydrogen-bond donors (Lipinski definition) is 3. The first kappa shape index (κ1) is 22.0. The summed E-state index contributed by atoms with van der Waals surface area (Å²) in [7, 11) is 0. The molecule has 3 heterocycles. The third kappa shape index (κ3) is 4.74. The molecule has 3 aliphatic rings. The van der Waals surface area contributed by atoms with Crippen LogP contribution in [0.2, 0.25) is 0 Å². The zero-order chi connectivity index (χ0) is 16.6. The predicted octanol–water partition coefficient (Wildman–Crippen LogP) is 2.71. The second kappa shape index (κ2) is 9.24. The lowest BCUT2D eigenvalue weighted by atomic mass is 9.67. The second-order valence-electron chi connectivity index (χ2n) is 8.51. The van der Waals surface area contributed by atoms with E-state index in [-0.39, 0.29) is 30.9 Å². The van der Waals surface area contributed by atoms with Crippen molar-refractivity contribution in [2.75, 3.05) is 26.2 Å². The van der Waals surface area contributed by atoms with Crippen molar-refractivity contribution in [1.82, 2.24) is 20.4 Å². The standard InChI is InChI=1S/C19H32N4O.2ClH/c1-14-10-16(22-21-14)11-15-12-23(13-18(15)24)17-2-4-19(5-3-17)6-8-20-9-7-19;;/h10,15,17-18,20,24H,2-9,11-13H2,1H3,(H,21,22);2*1H/t15-,18-;;/m1../s1. The van der Waals surface area contributed by atoms with Crippen molar-refractivity contribution in [1.29, 1.82) is 0 Å². The number of piperidine rings is 1. The smallest absolute Gasteiger partial charge is 0.0711 e. The van der Waals surface area contributed by atoms with Crippen LogP contribution in [0.5, 0.6) is 0 Å². The first-order chi connectivity index (χ1) is 11.6. The lowest BCUT2D eigenvalue weighted by molar-refractivity contribution is 0.0688. The van der Waals surface area contributed by atoms with Gasteiger partial charge in [0, 0.05) is 30.7 Å². The van der Waals surface area contributed by atoms with Gasteiger partial charge < -0.3 is 10.4 Å². The predicted molar refractivity (Wildman–Crippen MR) is 109 cm³/mol. The van der Waals surface area contributed by atoms with Gasteiger partial charge in [-0.05, 0) is 76.4 Å². The van der Waals surface area contributed by atoms with Crippen molar-refractivity contribution in [2.45, 2.75) is 64.0 Å². The molecular formula is C19H34Cl2N4O. The number of aromatic amines is 1. The van der Waals surface area contributed by atoms with E-state index in [0.717, 1.165) is 30.9 Å². The molecule has 5 nitrogen and oxygen atoms in total. The molecule has 3 N–H and O–H groups in total. The number of nitrogens with zero attached hydrogens (tertiary/aromatic N) is 2. The normalized spacial score (nSPS) is 29.3. The molecule has 26 heavy (non-hydrogen) atoms. The van der Waals surface area contributed by atoms with Crippen LogP contribution in [0.15, 0.2) is 6.07 Å². The van der Waals surface area contributed by atoms with Gasteiger partial charge in [0.05, 0.1) is 11.8 Å². The molecule has 2 aliphatic heterocycles. The lowest BCUT2D eigenvalue weighted by Gasteiger charge is -2.45. The highest BCUT2D eigenvalue weighted by atomic mass is 35.5. The maximum atomic E-state index is 10.5. The monoisotopic (exact) mass is 404 g/mol. The average Bonchev–Trinajstić information content (AvgIpc) is 3.15. The molecule has 1 saturated carbocycles. The first-order valence-electron chi connectivity index (χ1n) is 9.77. The molecular weight excluding hydrogens is 371 g/mol. The van der Waals surface area contributed by atoms with Crippen molar-refractivity contribution < 1.29 is 5.11 Å². The van der Waals surface area contributed by atoms with E-state index in [2.05, 4.69) is 26.5 Å². The van der Waals surface area contributed by atoms with E-state index >= 15 is 0 Å². The van der Waals surface area contributed by atoms with Crippen molar-refractivity contribution in [3.05, 3.63) is 17.5 Å². The summed E-state index contributed by atoms with van der Waals surface area (Å²) in [6.07, 6.45) is 8.83. The number of hydrogen-bond acceptors (Lipinski definition) is 4. The van der Waals surface area contributed by atoms with Crippen LogP contribution < -0.4 is 5.32 Å². The summed E-state index contributed by atoms with van der Waals surface area (Å²) in [6.45, 7) is 6.34. The Morgan fingerprint density at radius 2 is 1.85 bits per heavy atom. The highest BCUT2D eigenvalue weighted by Gasteiger charge is 2.41. The Kier molecular flexibility index (Phi) is 7.81. The van der Waals surface area contributed by atoms with Gasteiger partial charge in [0.25, 0.3) is 0 Å². The highest BCUT2D eigenvalue weighted by molar-refractivity contribution is 5.85. The number of aliphatic hydroxyl groups excluding tert-OH is 1. The quantitative estimate of drug-likeness (QED) is 0.724. The molecule has 7 heteroatoms. The lowest BCUT2D eigenvalue weighted by Crippen LogP contribution is -2.44. The SMILES string of the molecule is Cc1cc(C[C@@H]2CN(C3CCC4(CCNCC4)CC3)C[C@H]2O)n[nH]1.Cl.Cl. The Balaban J connectivity index is 0.00000121. The van der Waals surface area contributed by atoms with E-state index in [9.17, 15) is 5.11 Å². The molecule has 2 atom stereocenters. The van der Waals surface area contributed by atoms with Crippen LogP contribution in [0.25, 0.3) is 0 Å². The van der Waals surface area contributed by atoms with E-state index in [1.807, 2.05) is 6.92 Å². The van der Waals surface area contributed by atoms with Crippen LogP contribution in [-0.2, 0) is 6.42 Å². The van der Waals surface area contributed by atoms with Crippen LogP contribution in [-0.4, -0.2) is 58.5 Å². The van der Waals surface area contributed by atoms with Crippen LogP contribution in [0.1, 0.15) is 49.9 Å². The van der Waals surface area contributed by atoms with Gasteiger partial charge in [-0.2, -0.15) is 5.10 Å². The van der Waals surface area contributed by atoms with Gasteiger partial charge >= 0.3 is 0 Å². The summed E-state index contributed by atoms with van der Waals surface area (Å²) in [5, 5.41) is 21.4. The number of aliphatic hydroxyl groups is 1. The third-order valence-electron chi connectivity index (χ3n) is 6.86. The average molecular weight is 405 g/mol. The molecule has 1 aromatic rings. The minimum Gasteiger partial charge on any atom is -0.391 e. The van der Waals surface area contributed by atoms with Gasteiger partial charge in [0.2, 0.25) is 0 Å². The number of halogens is 2. The fourth-order valence-electron chi connectivity index (χ4n) is 5.27. The zero-order valence-electron chi connectivity index (χ0n) is 15.7. The maximum Gasteiger partial charge on any atom is 0.0711 e. The summed E-state index contributed by atoms with van der Waals surface area (Å²) in [6, 6.07) is 2.79. The van der Waals surface area contributed by atoms with E-state index in [1.54, 1.807) is 0 Å². The molecule has 1 aromatic heterocycles. The second-order valence-corrected chi connectivity index (χ2v) is 8.51. The molecule has 3 fully saturated rings. The maximum absolute atomic E-state index is 10.5. The summed E-state index contributed by atoms with van der Waals surface area (Å²) in [5.41, 5.74) is 2.83. The molecule has 0 unspecified atom stereocenters.